The van der Waals surface area contributed by atoms with Crippen molar-refractivity contribution in [3.8, 4) is 5.75 Å². The molecule has 4 N–H and O–H groups in total. The molecular formula is C20H20ClN5O4S. The average molecular weight is 462 g/mol. The van der Waals surface area contributed by atoms with Crippen molar-refractivity contribution in [2.24, 2.45) is 0 Å². The third-order valence-corrected chi connectivity index (χ3v) is 5.60. The van der Waals surface area contributed by atoms with Gasteiger partial charge in [-0.25, -0.2) is 8.42 Å². The molecule has 0 aliphatic heterocycles. The highest BCUT2D eigenvalue weighted by Gasteiger charge is 2.16. The zero-order valence-electron chi connectivity index (χ0n) is 16.5. The lowest BCUT2D eigenvalue weighted by Gasteiger charge is -2.11. The van der Waals surface area contributed by atoms with Crippen molar-refractivity contribution in [3.63, 3.8) is 0 Å². The molecule has 0 bridgehead atoms. The zero-order valence-corrected chi connectivity index (χ0v) is 18.1. The fourth-order valence-corrected chi connectivity index (χ4v) is 3.62. The third-order valence-electron chi connectivity index (χ3n) is 4.03. The van der Waals surface area contributed by atoms with Crippen LogP contribution in [0.3, 0.4) is 0 Å². The smallest absolute Gasteiger partial charge is 0.263 e. The summed E-state index contributed by atoms with van der Waals surface area (Å²) in [7, 11) is -3.88. The van der Waals surface area contributed by atoms with E-state index < -0.39 is 10.0 Å². The maximum Gasteiger partial charge on any atom is 0.263 e. The van der Waals surface area contributed by atoms with Crippen molar-refractivity contribution < 1.29 is 17.9 Å². The van der Waals surface area contributed by atoms with E-state index in [0.29, 0.717) is 29.3 Å². The number of hydrogen-bond acceptors (Lipinski definition) is 7. The van der Waals surface area contributed by atoms with Crippen molar-refractivity contribution in [3.05, 3.63) is 65.3 Å². The number of carbonyl (C=O) groups excluding carboxylic acids is 1. The van der Waals surface area contributed by atoms with Gasteiger partial charge in [-0.3, -0.25) is 9.52 Å². The van der Waals surface area contributed by atoms with E-state index in [-0.39, 0.29) is 21.8 Å². The number of hydrogen-bond donors (Lipinski definition) is 3. The normalized spacial score (nSPS) is 11.0. The highest BCUT2D eigenvalue weighted by molar-refractivity contribution is 7.92. The van der Waals surface area contributed by atoms with E-state index >= 15 is 0 Å². The summed E-state index contributed by atoms with van der Waals surface area (Å²) in [5.41, 5.74) is 7.06. The molecule has 0 unspecified atom stereocenters. The monoisotopic (exact) mass is 461 g/mol. The second-order valence-electron chi connectivity index (χ2n) is 6.43. The van der Waals surface area contributed by atoms with Gasteiger partial charge in [0, 0.05) is 11.3 Å². The molecule has 0 saturated carbocycles. The van der Waals surface area contributed by atoms with Crippen LogP contribution in [0.2, 0.25) is 5.15 Å². The van der Waals surface area contributed by atoms with Crippen molar-refractivity contribution in [1.29, 1.82) is 0 Å². The topological polar surface area (TPSA) is 136 Å². The fourth-order valence-electron chi connectivity index (χ4n) is 2.52. The fraction of sp³-hybridized carbons (Fsp3) is 0.150. The first-order valence-corrected chi connectivity index (χ1v) is 11.1. The Morgan fingerprint density at radius 3 is 2.45 bits per heavy atom. The highest BCUT2D eigenvalue weighted by atomic mass is 35.5. The van der Waals surface area contributed by atoms with Gasteiger partial charge >= 0.3 is 0 Å². The summed E-state index contributed by atoms with van der Waals surface area (Å²) < 4.78 is 32.7. The van der Waals surface area contributed by atoms with Crippen LogP contribution in [0.5, 0.6) is 5.75 Å². The van der Waals surface area contributed by atoms with Gasteiger partial charge in [-0.1, -0.05) is 18.5 Å². The van der Waals surface area contributed by atoms with Crippen molar-refractivity contribution in [1.82, 2.24) is 10.2 Å². The molecule has 3 aromatic rings. The van der Waals surface area contributed by atoms with Crippen LogP contribution in [-0.2, 0) is 10.0 Å². The lowest BCUT2D eigenvalue weighted by atomic mass is 10.1. The van der Waals surface area contributed by atoms with Crippen LogP contribution < -0.4 is 20.5 Å². The molecule has 31 heavy (non-hydrogen) atoms. The average Bonchev–Trinajstić information content (AvgIpc) is 2.74. The highest BCUT2D eigenvalue weighted by Crippen LogP contribution is 2.24. The van der Waals surface area contributed by atoms with Gasteiger partial charge in [0.25, 0.3) is 15.9 Å². The van der Waals surface area contributed by atoms with Gasteiger partial charge in [0.2, 0.25) is 0 Å². The Morgan fingerprint density at radius 1 is 1.10 bits per heavy atom. The number of sulfonamides is 1. The molecule has 0 radical (unpaired) electrons. The molecule has 0 aliphatic carbocycles. The molecule has 1 aromatic heterocycles. The summed E-state index contributed by atoms with van der Waals surface area (Å²) in [5, 5.41) is 10.1. The van der Waals surface area contributed by atoms with E-state index in [9.17, 15) is 13.2 Å². The van der Waals surface area contributed by atoms with Crippen LogP contribution >= 0.6 is 11.6 Å². The predicted molar refractivity (Wildman–Crippen MR) is 119 cm³/mol. The molecule has 1 amide bonds. The number of nitrogens with two attached hydrogens (primary N) is 1. The van der Waals surface area contributed by atoms with Gasteiger partial charge in [0.1, 0.15) is 5.75 Å². The molecule has 2 aromatic carbocycles. The zero-order chi connectivity index (χ0) is 22.4. The standard InChI is InChI=1S/C20H20ClN5O4S/c1-2-11-30-17-8-3-13(12-16(17)22)20(27)23-14-4-6-15(7-5-14)31(28,29)26-19-10-9-18(21)24-25-19/h3-10,12H,2,11,22H2,1H3,(H,23,27)(H,25,26). The second-order valence-corrected chi connectivity index (χ2v) is 8.50. The molecule has 0 fully saturated rings. The lowest BCUT2D eigenvalue weighted by Crippen LogP contribution is -2.15. The molecule has 1 heterocycles. The van der Waals surface area contributed by atoms with E-state index in [2.05, 4.69) is 20.2 Å². The summed E-state index contributed by atoms with van der Waals surface area (Å²) >= 11 is 5.64. The quantitative estimate of drug-likeness (QED) is 0.436. The van der Waals surface area contributed by atoms with Crippen LogP contribution in [0.1, 0.15) is 23.7 Å². The summed E-state index contributed by atoms with van der Waals surface area (Å²) in [5.74, 6) is 0.162. The first kappa shape index (κ1) is 22.3. The van der Waals surface area contributed by atoms with Crippen molar-refractivity contribution in [2.45, 2.75) is 18.2 Å². The van der Waals surface area contributed by atoms with E-state index in [1.807, 2.05) is 6.92 Å². The Hall–Kier alpha value is -3.37. The largest absolute Gasteiger partial charge is 0.491 e. The van der Waals surface area contributed by atoms with Crippen LogP contribution in [0, 0.1) is 0 Å². The molecule has 9 nitrogen and oxygen atoms in total. The number of amides is 1. The Labute approximate surface area is 184 Å². The summed E-state index contributed by atoms with van der Waals surface area (Å²) in [6.07, 6.45) is 0.843. The maximum atomic E-state index is 12.5. The molecule has 3 rings (SSSR count). The molecule has 162 valence electrons. The van der Waals surface area contributed by atoms with Crippen LogP contribution in [0.25, 0.3) is 0 Å². The summed E-state index contributed by atoms with van der Waals surface area (Å²) in [6.45, 7) is 2.51. The first-order valence-electron chi connectivity index (χ1n) is 9.24. The summed E-state index contributed by atoms with van der Waals surface area (Å²) in [4.78, 5) is 12.5. The van der Waals surface area contributed by atoms with Gasteiger partial charge in [-0.05, 0) is 61.0 Å². The van der Waals surface area contributed by atoms with Gasteiger partial charge in [-0.2, -0.15) is 0 Å². The van der Waals surface area contributed by atoms with Gasteiger partial charge < -0.3 is 15.8 Å². The molecule has 0 atom stereocenters. The minimum Gasteiger partial charge on any atom is -0.491 e. The second kappa shape index (κ2) is 9.63. The molecule has 0 aliphatic rings. The van der Waals surface area contributed by atoms with Crippen LogP contribution in [0.4, 0.5) is 17.2 Å². The van der Waals surface area contributed by atoms with Crippen LogP contribution in [0.15, 0.2) is 59.5 Å². The summed E-state index contributed by atoms with van der Waals surface area (Å²) in [6, 6.07) is 13.2. The Balaban J connectivity index is 1.68. The Bertz CT molecular complexity index is 1170. The number of carbonyl (C=O) groups is 1. The van der Waals surface area contributed by atoms with E-state index in [4.69, 9.17) is 22.1 Å². The lowest BCUT2D eigenvalue weighted by molar-refractivity contribution is 0.102. The molecular weight excluding hydrogens is 442 g/mol. The van der Waals surface area contributed by atoms with Crippen molar-refractivity contribution in [2.75, 3.05) is 22.4 Å². The number of ether oxygens (including phenoxy) is 1. The van der Waals surface area contributed by atoms with E-state index in [1.54, 1.807) is 12.1 Å². The van der Waals surface area contributed by atoms with E-state index in [1.165, 1.54) is 42.5 Å². The number of nitrogens with one attached hydrogen (secondary N) is 2. The number of halogens is 1. The Morgan fingerprint density at radius 2 is 1.84 bits per heavy atom. The maximum absolute atomic E-state index is 12.5. The molecule has 0 saturated heterocycles. The predicted octanol–water partition coefficient (Wildman–Crippen LogP) is 3.55. The van der Waals surface area contributed by atoms with E-state index in [0.717, 1.165) is 6.42 Å². The minimum absolute atomic E-state index is 0.0103. The number of rotatable bonds is 8. The number of anilines is 3. The third kappa shape index (κ3) is 5.83. The number of nitrogens with zero attached hydrogens (tertiary/aromatic N) is 2. The number of benzene rings is 2. The Kier molecular flexibility index (Phi) is 6.93. The molecule has 11 heteroatoms. The minimum atomic E-state index is -3.88. The van der Waals surface area contributed by atoms with Gasteiger partial charge in [0.05, 0.1) is 17.2 Å². The number of aromatic nitrogens is 2. The SMILES string of the molecule is CCCOc1ccc(C(=O)Nc2ccc(S(=O)(=O)Nc3ccc(Cl)nn3)cc2)cc1N. The number of nitrogen functional groups attached to an aromatic ring is 1. The van der Waals surface area contributed by atoms with Gasteiger partial charge in [0.15, 0.2) is 11.0 Å². The first-order chi connectivity index (χ1) is 14.8. The molecule has 0 spiro atoms. The van der Waals surface area contributed by atoms with Gasteiger partial charge in [-0.15, -0.1) is 10.2 Å². The van der Waals surface area contributed by atoms with Crippen molar-refractivity contribution >= 4 is 44.7 Å². The van der Waals surface area contributed by atoms with Crippen LogP contribution in [-0.4, -0.2) is 31.1 Å².